The van der Waals surface area contributed by atoms with Gasteiger partial charge in [0.2, 0.25) is 0 Å². The number of nitrogens with one attached hydrogen (secondary N) is 1. The Morgan fingerprint density at radius 1 is 1.37 bits per heavy atom. The van der Waals surface area contributed by atoms with Crippen molar-refractivity contribution in [1.82, 2.24) is 0 Å². The number of anilines is 1. The van der Waals surface area contributed by atoms with Gasteiger partial charge in [-0.25, -0.2) is 4.39 Å². The van der Waals surface area contributed by atoms with Gasteiger partial charge in [-0.2, -0.15) is 13.2 Å². The van der Waals surface area contributed by atoms with Crippen molar-refractivity contribution in [3.8, 4) is 0 Å². The van der Waals surface area contributed by atoms with E-state index in [0.717, 1.165) is 17.0 Å². The Morgan fingerprint density at radius 2 is 2.00 bits per heavy atom. The molecule has 0 spiro atoms. The lowest BCUT2D eigenvalue weighted by Gasteiger charge is -2.27. The fraction of sp³-hybridized carbons (Fsp3) is 0.417. The SMILES string of the molecule is N=C(N)c1cc(F)ccc1N(CC(F)(F)F)C1CC1. The maximum Gasteiger partial charge on any atom is 0.405 e. The highest BCUT2D eigenvalue weighted by molar-refractivity contribution is 6.00. The molecule has 0 radical (unpaired) electrons. The van der Waals surface area contributed by atoms with Crippen LogP contribution in [-0.2, 0) is 0 Å². The zero-order chi connectivity index (χ0) is 14.2. The predicted molar refractivity (Wildman–Crippen MR) is 63.8 cm³/mol. The second-order valence-electron chi connectivity index (χ2n) is 4.55. The molecule has 2 rings (SSSR count). The van der Waals surface area contributed by atoms with Crippen molar-refractivity contribution in [3.05, 3.63) is 29.6 Å². The minimum absolute atomic E-state index is 0.00356. The third-order valence-corrected chi connectivity index (χ3v) is 2.90. The zero-order valence-electron chi connectivity index (χ0n) is 9.97. The standard InChI is InChI=1S/C12H13F4N3/c13-7-1-4-10(9(5-7)11(17)18)19(8-2-3-8)6-12(14,15)16/h1,4-5,8H,2-3,6H2,(H3,17,18). The molecule has 1 aliphatic carbocycles. The van der Waals surface area contributed by atoms with Crippen LogP contribution >= 0.6 is 0 Å². The van der Waals surface area contributed by atoms with Crippen LogP contribution in [0.5, 0.6) is 0 Å². The summed E-state index contributed by atoms with van der Waals surface area (Å²) in [4.78, 5) is 1.15. The monoisotopic (exact) mass is 275 g/mol. The molecule has 1 aromatic carbocycles. The molecule has 1 aliphatic rings. The number of amidine groups is 1. The molecule has 1 aromatic rings. The molecule has 19 heavy (non-hydrogen) atoms. The highest BCUT2D eigenvalue weighted by Crippen LogP contribution is 2.36. The van der Waals surface area contributed by atoms with Crippen molar-refractivity contribution in [1.29, 1.82) is 5.41 Å². The molecule has 7 heteroatoms. The molecule has 0 bridgehead atoms. The summed E-state index contributed by atoms with van der Waals surface area (Å²) in [5.74, 6) is -1.07. The van der Waals surface area contributed by atoms with Crippen LogP contribution in [-0.4, -0.2) is 24.6 Å². The Bertz CT molecular complexity index is 494. The molecule has 0 atom stereocenters. The van der Waals surface area contributed by atoms with Crippen LogP contribution < -0.4 is 10.6 Å². The van der Waals surface area contributed by atoms with Crippen molar-refractivity contribution in [2.24, 2.45) is 5.73 Å². The number of halogens is 4. The molecule has 0 aromatic heterocycles. The van der Waals surface area contributed by atoms with Crippen molar-refractivity contribution in [2.75, 3.05) is 11.4 Å². The van der Waals surface area contributed by atoms with Gasteiger partial charge in [0.05, 0.1) is 0 Å². The fourth-order valence-corrected chi connectivity index (χ4v) is 1.96. The summed E-state index contributed by atoms with van der Waals surface area (Å²) in [6.45, 7) is -1.12. The second kappa shape index (κ2) is 4.71. The van der Waals surface area contributed by atoms with Crippen LogP contribution in [0, 0.1) is 11.2 Å². The summed E-state index contributed by atoms with van der Waals surface area (Å²) in [6, 6.07) is 3.10. The van der Waals surface area contributed by atoms with Gasteiger partial charge in [0.15, 0.2) is 0 Å². The molecule has 0 aliphatic heterocycles. The van der Waals surface area contributed by atoms with Crippen LogP contribution in [0.2, 0.25) is 0 Å². The quantitative estimate of drug-likeness (QED) is 0.504. The van der Waals surface area contributed by atoms with Crippen molar-refractivity contribution < 1.29 is 17.6 Å². The molecule has 0 unspecified atom stereocenters. The summed E-state index contributed by atoms with van der Waals surface area (Å²) in [7, 11) is 0. The molecular formula is C12H13F4N3. The first-order chi connectivity index (χ1) is 8.78. The van der Waals surface area contributed by atoms with Crippen LogP contribution in [0.15, 0.2) is 18.2 Å². The van der Waals surface area contributed by atoms with Crippen LogP contribution in [0.4, 0.5) is 23.2 Å². The number of nitrogens with two attached hydrogens (primary N) is 1. The van der Waals surface area contributed by atoms with Crippen molar-refractivity contribution in [3.63, 3.8) is 0 Å². The molecule has 0 amide bonds. The van der Waals surface area contributed by atoms with Gasteiger partial charge in [0.25, 0.3) is 0 Å². The van der Waals surface area contributed by atoms with Gasteiger partial charge >= 0.3 is 6.18 Å². The van der Waals surface area contributed by atoms with E-state index in [1.165, 1.54) is 6.07 Å². The smallest absolute Gasteiger partial charge is 0.384 e. The van der Waals surface area contributed by atoms with E-state index in [9.17, 15) is 17.6 Å². The van der Waals surface area contributed by atoms with Crippen LogP contribution in [0.25, 0.3) is 0 Å². The molecule has 1 fully saturated rings. The third kappa shape index (κ3) is 3.36. The summed E-state index contributed by atoms with van der Waals surface area (Å²) in [5, 5.41) is 7.36. The Balaban J connectivity index is 2.39. The van der Waals surface area contributed by atoms with E-state index in [4.69, 9.17) is 11.1 Å². The number of nitrogens with zero attached hydrogens (tertiary/aromatic N) is 1. The molecule has 0 saturated heterocycles. The van der Waals surface area contributed by atoms with E-state index in [1.807, 2.05) is 0 Å². The molecule has 104 valence electrons. The Morgan fingerprint density at radius 3 is 2.47 bits per heavy atom. The van der Waals surface area contributed by atoms with E-state index in [0.29, 0.717) is 12.8 Å². The first kappa shape index (κ1) is 13.6. The number of alkyl halides is 3. The molecular weight excluding hydrogens is 262 g/mol. The van der Waals surface area contributed by atoms with Crippen LogP contribution in [0.3, 0.4) is 0 Å². The zero-order valence-corrected chi connectivity index (χ0v) is 9.97. The predicted octanol–water partition coefficient (Wildman–Crippen LogP) is 2.64. The van der Waals surface area contributed by atoms with Crippen molar-refractivity contribution >= 4 is 11.5 Å². The number of benzene rings is 1. The Kier molecular flexibility index (Phi) is 3.38. The highest BCUT2D eigenvalue weighted by atomic mass is 19.4. The Hall–Kier alpha value is -1.79. The van der Waals surface area contributed by atoms with Gasteiger partial charge < -0.3 is 10.6 Å². The van der Waals surface area contributed by atoms with Gasteiger partial charge in [0.1, 0.15) is 18.2 Å². The molecule has 3 N–H and O–H groups in total. The fourth-order valence-electron chi connectivity index (χ4n) is 1.96. The number of rotatable bonds is 4. The maximum atomic E-state index is 13.1. The van der Waals surface area contributed by atoms with E-state index >= 15 is 0 Å². The minimum Gasteiger partial charge on any atom is -0.384 e. The van der Waals surface area contributed by atoms with Gasteiger partial charge in [-0.05, 0) is 31.0 Å². The molecule has 0 heterocycles. The molecule has 3 nitrogen and oxygen atoms in total. The summed E-state index contributed by atoms with van der Waals surface area (Å²) >= 11 is 0. The lowest BCUT2D eigenvalue weighted by molar-refractivity contribution is -0.120. The largest absolute Gasteiger partial charge is 0.405 e. The first-order valence-electron chi connectivity index (χ1n) is 5.75. The summed E-state index contributed by atoms with van der Waals surface area (Å²) in [6.07, 6.45) is -3.04. The van der Waals surface area contributed by atoms with Crippen LogP contribution in [0.1, 0.15) is 18.4 Å². The maximum absolute atomic E-state index is 13.1. The third-order valence-electron chi connectivity index (χ3n) is 2.90. The number of hydrogen-bond donors (Lipinski definition) is 2. The van der Waals surface area contributed by atoms with Crippen molar-refractivity contribution in [2.45, 2.75) is 25.1 Å². The van der Waals surface area contributed by atoms with E-state index in [1.54, 1.807) is 0 Å². The highest BCUT2D eigenvalue weighted by Gasteiger charge is 2.39. The topological polar surface area (TPSA) is 53.1 Å². The lowest BCUT2D eigenvalue weighted by Crippen LogP contribution is -2.37. The Labute approximate surface area is 107 Å². The van der Waals surface area contributed by atoms with E-state index in [2.05, 4.69) is 0 Å². The van der Waals surface area contributed by atoms with Gasteiger partial charge in [-0.1, -0.05) is 0 Å². The summed E-state index contributed by atoms with van der Waals surface area (Å²) in [5.41, 5.74) is 5.47. The summed E-state index contributed by atoms with van der Waals surface area (Å²) < 4.78 is 50.9. The average molecular weight is 275 g/mol. The molecule has 1 saturated carbocycles. The average Bonchev–Trinajstić information content (AvgIpc) is 3.08. The number of nitrogen functional groups attached to an aromatic ring is 1. The van der Waals surface area contributed by atoms with Gasteiger partial charge in [0, 0.05) is 17.3 Å². The first-order valence-corrected chi connectivity index (χ1v) is 5.75. The number of hydrogen-bond acceptors (Lipinski definition) is 2. The van der Waals surface area contributed by atoms with Gasteiger partial charge in [-0.3, -0.25) is 5.41 Å². The minimum atomic E-state index is -4.36. The van der Waals surface area contributed by atoms with Gasteiger partial charge in [-0.15, -0.1) is 0 Å². The second-order valence-corrected chi connectivity index (χ2v) is 4.55. The lowest BCUT2D eigenvalue weighted by atomic mass is 10.1. The van der Waals surface area contributed by atoms with E-state index in [-0.39, 0.29) is 17.3 Å². The normalized spacial score (nSPS) is 15.4. The van der Waals surface area contributed by atoms with E-state index < -0.39 is 24.4 Å².